The van der Waals surface area contributed by atoms with Gasteiger partial charge in [0.25, 0.3) is 5.69 Å². The molecule has 0 fully saturated rings. The van der Waals surface area contributed by atoms with Crippen molar-refractivity contribution in [3.8, 4) is 0 Å². The molecule has 28 heavy (non-hydrogen) atoms. The maximum atomic E-state index is 11.9. The molecular weight excluding hydrogens is 380 g/mol. The molecule has 0 saturated heterocycles. The van der Waals surface area contributed by atoms with Gasteiger partial charge in [-0.25, -0.2) is 5.43 Å². The van der Waals surface area contributed by atoms with Crippen LogP contribution in [0.4, 0.5) is 11.4 Å². The Morgan fingerprint density at radius 1 is 1.07 bits per heavy atom. The zero-order valence-electron chi connectivity index (χ0n) is 15.5. The number of non-ortho nitro benzene ring substituents is 1. The van der Waals surface area contributed by atoms with Crippen molar-refractivity contribution in [3.05, 3.63) is 69.8 Å². The number of hydrogen-bond acceptors (Lipinski definition) is 6. The molecule has 0 heterocycles. The molecule has 2 rings (SSSR count). The third kappa shape index (κ3) is 6.84. The zero-order valence-corrected chi connectivity index (χ0v) is 16.3. The summed E-state index contributed by atoms with van der Waals surface area (Å²) in [5.41, 5.74) is 5.61. The van der Waals surface area contributed by atoms with E-state index < -0.39 is 4.92 Å². The van der Waals surface area contributed by atoms with Crippen molar-refractivity contribution in [2.75, 3.05) is 11.1 Å². The molecule has 2 aromatic carbocycles. The first kappa shape index (κ1) is 21.1. The van der Waals surface area contributed by atoms with E-state index in [9.17, 15) is 19.7 Å². The van der Waals surface area contributed by atoms with Gasteiger partial charge in [-0.15, -0.1) is 11.8 Å². The Morgan fingerprint density at radius 2 is 1.71 bits per heavy atom. The highest BCUT2D eigenvalue weighted by Gasteiger charge is 2.06. The molecule has 0 aliphatic heterocycles. The number of benzene rings is 2. The fourth-order valence-corrected chi connectivity index (χ4v) is 3.00. The van der Waals surface area contributed by atoms with Crippen LogP contribution >= 0.6 is 11.8 Å². The molecule has 9 heteroatoms. The first-order valence-corrected chi connectivity index (χ1v) is 9.53. The normalized spacial score (nSPS) is 11.0. The molecule has 0 aliphatic carbocycles. The highest BCUT2D eigenvalue weighted by molar-refractivity contribution is 7.99. The van der Waals surface area contributed by atoms with Crippen LogP contribution in [0.25, 0.3) is 0 Å². The molecule has 0 spiro atoms. The summed E-state index contributed by atoms with van der Waals surface area (Å²) in [7, 11) is 0. The van der Waals surface area contributed by atoms with Gasteiger partial charge in [0.05, 0.1) is 16.4 Å². The number of nitro benzene ring substituents is 1. The molecule has 0 aromatic heterocycles. The Bertz CT molecular complexity index is 880. The molecule has 0 aliphatic rings. The molecule has 146 valence electrons. The van der Waals surface area contributed by atoms with E-state index in [2.05, 4.69) is 15.8 Å². The van der Waals surface area contributed by atoms with Crippen LogP contribution in [0, 0.1) is 10.1 Å². The molecule has 2 aromatic rings. The summed E-state index contributed by atoms with van der Waals surface area (Å²) in [6.45, 7) is 3.22. The van der Waals surface area contributed by atoms with Crippen molar-refractivity contribution < 1.29 is 14.5 Å². The number of hydrogen-bond donors (Lipinski definition) is 2. The van der Waals surface area contributed by atoms with Gasteiger partial charge in [0.15, 0.2) is 0 Å². The molecule has 0 bridgehead atoms. The fourth-order valence-electron chi connectivity index (χ4n) is 2.22. The number of amides is 2. The Morgan fingerprint density at radius 3 is 2.29 bits per heavy atom. The average Bonchev–Trinajstić information content (AvgIpc) is 2.66. The quantitative estimate of drug-likeness (QED) is 0.401. The number of carbonyl (C=O) groups excluding carboxylic acids is 2. The van der Waals surface area contributed by atoms with E-state index in [0.717, 1.165) is 11.1 Å². The average molecular weight is 400 g/mol. The van der Waals surface area contributed by atoms with Crippen molar-refractivity contribution in [3.63, 3.8) is 0 Å². The van der Waals surface area contributed by atoms with Gasteiger partial charge in [-0.1, -0.05) is 24.3 Å². The van der Waals surface area contributed by atoms with E-state index in [1.165, 1.54) is 30.8 Å². The first-order valence-electron chi connectivity index (χ1n) is 8.37. The van der Waals surface area contributed by atoms with Crippen LogP contribution in [0.1, 0.15) is 25.0 Å². The van der Waals surface area contributed by atoms with E-state index in [0.29, 0.717) is 17.2 Å². The molecule has 0 atom stereocenters. The Labute approximate surface area is 166 Å². The number of nitrogens with zero attached hydrogens (tertiary/aromatic N) is 2. The number of nitrogens with one attached hydrogen (secondary N) is 2. The highest BCUT2D eigenvalue weighted by Crippen LogP contribution is 2.16. The maximum absolute atomic E-state index is 11.9. The van der Waals surface area contributed by atoms with Crippen LogP contribution in [0.2, 0.25) is 0 Å². The predicted molar refractivity (Wildman–Crippen MR) is 110 cm³/mol. The fraction of sp³-hybridized carbons (Fsp3) is 0.211. The number of carbonyl (C=O) groups is 2. The van der Waals surface area contributed by atoms with Gasteiger partial charge in [0, 0.05) is 30.5 Å². The Hall–Kier alpha value is -3.20. The van der Waals surface area contributed by atoms with Gasteiger partial charge in [0.1, 0.15) is 0 Å². The second-order valence-electron chi connectivity index (χ2n) is 5.91. The number of thioether (sulfide) groups is 1. The molecule has 2 amide bonds. The van der Waals surface area contributed by atoms with Gasteiger partial charge in [-0.05, 0) is 30.2 Å². The smallest absolute Gasteiger partial charge is 0.269 e. The summed E-state index contributed by atoms with van der Waals surface area (Å²) in [6.07, 6.45) is 0. The number of hydrazone groups is 1. The SMILES string of the molecule is CC(=O)Nc1ccc(C(C)=NNC(=O)CSCc2ccc([N+](=O)[O-])cc2)cc1. The minimum absolute atomic E-state index is 0.0430. The monoisotopic (exact) mass is 400 g/mol. The summed E-state index contributed by atoms with van der Waals surface area (Å²) < 4.78 is 0. The first-order chi connectivity index (χ1) is 13.3. The standard InChI is InChI=1S/C19H20N4O4S/c1-13(16-5-7-17(8-6-16)20-14(2)24)21-22-19(25)12-28-11-15-3-9-18(10-4-15)23(26)27/h3-10H,11-12H2,1-2H3,(H,20,24)(H,22,25). The van der Waals surface area contributed by atoms with Gasteiger partial charge in [0.2, 0.25) is 11.8 Å². The van der Waals surface area contributed by atoms with Crippen LogP contribution in [-0.4, -0.2) is 28.2 Å². The highest BCUT2D eigenvalue weighted by atomic mass is 32.2. The summed E-state index contributed by atoms with van der Waals surface area (Å²) >= 11 is 1.39. The number of rotatable bonds is 8. The van der Waals surface area contributed by atoms with Gasteiger partial charge < -0.3 is 5.32 Å². The number of anilines is 1. The van der Waals surface area contributed by atoms with Crippen LogP contribution in [0.3, 0.4) is 0 Å². The van der Waals surface area contributed by atoms with Crippen molar-refractivity contribution in [1.29, 1.82) is 0 Å². The summed E-state index contributed by atoms with van der Waals surface area (Å²) in [5.74, 6) is 0.409. The van der Waals surface area contributed by atoms with Crippen molar-refractivity contribution in [2.45, 2.75) is 19.6 Å². The topological polar surface area (TPSA) is 114 Å². The van der Waals surface area contributed by atoms with Crippen LogP contribution in [-0.2, 0) is 15.3 Å². The minimum Gasteiger partial charge on any atom is -0.326 e. The van der Waals surface area contributed by atoms with Gasteiger partial charge >= 0.3 is 0 Å². The zero-order chi connectivity index (χ0) is 20.5. The van der Waals surface area contributed by atoms with Crippen LogP contribution in [0.15, 0.2) is 53.6 Å². The lowest BCUT2D eigenvalue weighted by atomic mass is 10.1. The van der Waals surface area contributed by atoms with Crippen molar-refractivity contribution >= 4 is 40.7 Å². The summed E-state index contributed by atoms with van der Waals surface area (Å²) in [5, 5.41) is 17.4. The van der Waals surface area contributed by atoms with E-state index in [4.69, 9.17) is 0 Å². The van der Waals surface area contributed by atoms with E-state index in [-0.39, 0.29) is 23.3 Å². The van der Waals surface area contributed by atoms with Crippen molar-refractivity contribution in [2.24, 2.45) is 5.10 Å². The molecule has 0 radical (unpaired) electrons. The lowest BCUT2D eigenvalue weighted by Crippen LogP contribution is -2.21. The molecule has 0 saturated carbocycles. The third-order valence-corrected chi connectivity index (χ3v) is 4.62. The second kappa shape index (κ2) is 10.2. The van der Waals surface area contributed by atoms with Crippen LogP contribution in [0.5, 0.6) is 0 Å². The van der Waals surface area contributed by atoms with E-state index in [1.54, 1.807) is 43.3 Å². The molecule has 0 unspecified atom stereocenters. The molecule has 2 N–H and O–H groups in total. The lowest BCUT2D eigenvalue weighted by Gasteiger charge is -2.05. The van der Waals surface area contributed by atoms with E-state index >= 15 is 0 Å². The Balaban J connectivity index is 1.79. The third-order valence-electron chi connectivity index (χ3n) is 3.62. The molecule has 8 nitrogen and oxygen atoms in total. The summed E-state index contributed by atoms with van der Waals surface area (Å²) in [6, 6.07) is 13.4. The summed E-state index contributed by atoms with van der Waals surface area (Å²) in [4.78, 5) is 33.1. The van der Waals surface area contributed by atoms with Crippen LogP contribution < -0.4 is 10.7 Å². The molecular formula is C19H20N4O4S. The van der Waals surface area contributed by atoms with E-state index in [1.807, 2.05) is 0 Å². The predicted octanol–water partition coefficient (Wildman–Crippen LogP) is 3.33. The van der Waals surface area contributed by atoms with Crippen molar-refractivity contribution in [1.82, 2.24) is 5.43 Å². The number of nitro groups is 1. The van der Waals surface area contributed by atoms with Gasteiger partial charge in [-0.2, -0.15) is 5.10 Å². The minimum atomic E-state index is -0.446. The largest absolute Gasteiger partial charge is 0.326 e. The lowest BCUT2D eigenvalue weighted by molar-refractivity contribution is -0.384. The Kier molecular flexibility index (Phi) is 7.70. The maximum Gasteiger partial charge on any atom is 0.269 e. The van der Waals surface area contributed by atoms with Gasteiger partial charge in [-0.3, -0.25) is 19.7 Å². The second-order valence-corrected chi connectivity index (χ2v) is 6.89.